The first-order valence-electron chi connectivity index (χ1n) is 8.30. The lowest BCUT2D eigenvalue weighted by atomic mass is 10.1. The van der Waals surface area contributed by atoms with Crippen LogP contribution in [0.1, 0.15) is 17.3 Å². The molecule has 3 rings (SSSR count). The molecule has 0 saturated carbocycles. The van der Waals surface area contributed by atoms with Gasteiger partial charge in [0, 0.05) is 17.1 Å². The van der Waals surface area contributed by atoms with Crippen LogP contribution in [0, 0.1) is 0 Å². The van der Waals surface area contributed by atoms with Crippen LogP contribution < -0.4 is 20.3 Å². The lowest BCUT2D eigenvalue weighted by molar-refractivity contribution is -0.117. The van der Waals surface area contributed by atoms with Crippen LogP contribution in [0.25, 0.3) is 0 Å². The number of carbonyl (C=O) groups is 2. The second-order valence-corrected chi connectivity index (χ2v) is 6.99. The molecule has 1 aliphatic rings. The zero-order valence-corrected chi connectivity index (χ0v) is 16.2. The summed E-state index contributed by atoms with van der Waals surface area (Å²) in [5.41, 5.74) is 2.04. The zero-order chi connectivity index (χ0) is 18.7. The van der Waals surface area contributed by atoms with E-state index in [1.807, 2.05) is 49.2 Å². The zero-order valence-electron chi connectivity index (χ0n) is 14.6. The number of hydrogen-bond acceptors (Lipinski definition) is 4. The average molecular weight is 418 g/mol. The van der Waals surface area contributed by atoms with Gasteiger partial charge in [0.25, 0.3) is 5.91 Å². The molecular formula is C19H20BrN3O3. The van der Waals surface area contributed by atoms with Gasteiger partial charge in [0.2, 0.25) is 5.91 Å². The van der Waals surface area contributed by atoms with E-state index in [1.165, 1.54) is 0 Å². The van der Waals surface area contributed by atoms with Gasteiger partial charge in [-0.25, -0.2) is 0 Å². The summed E-state index contributed by atoms with van der Waals surface area (Å²) >= 11 is 3.38. The topological polar surface area (TPSA) is 70.7 Å². The Bertz CT molecular complexity index is 841. The second kappa shape index (κ2) is 7.78. The largest absolute Gasteiger partial charge is 0.492 e. The summed E-state index contributed by atoms with van der Waals surface area (Å²) < 4.78 is 6.53. The molecule has 1 heterocycles. The molecule has 0 spiro atoms. The second-order valence-electron chi connectivity index (χ2n) is 6.07. The third-order valence-corrected chi connectivity index (χ3v) is 4.80. The Hall–Kier alpha value is -2.54. The normalized spacial score (nSPS) is 15.9. The van der Waals surface area contributed by atoms with E-state index in [0.717, 1.165) is 15.9 Å². The highest BCUT2D eigenvalue weighted by Crippen LogP contribution is 2.31. The van der Waals surface area contributed by atoms with Crippen LogP contribution >= 0.6 is 15.9 Å². The Morgan fingerprint density at radius 2 is 2.12 bits per heavy atom. The van der Waals surface area contributed by atoms with E-state index in [-0.39, 0.29) is 17.9 Å². The number of hydrogen-bond donors (Lipinski definition) is 2. The maximum Gasteiger partial charge on any atom is 0.251 e. The van der Waals surface area contributed by atoms with Gasteiger partial charge in [-0.3, -0.25) is 9.59 Å². The van der Waals surface area contributed by atoms with Gasteiger partial charge in [-0.1, -0.05) is 22.0 Å². The quantitative estimate of drug-likeness (QED) is 0.733. The maximum atomic E-state index is 12.3. The number of fused-ring (bicyclic) bond motifs is 1. The highest BCUT2D eigenvalue weighted by Gasteiger charge is 2.27. The molecule has 1 unspecified atom stereocenters. The molecule has 2 aromatic rings. The molecular weight excluding hydrogens is 398 g/mol. The summed E-state index contributed by atoms with van der Waals surface area (Å²) in [6.45, 7) is 2.58. The van der Waals surface area contributed by atoms with E-state index in [4.69, 9.17) is 4.74 Å². The molecule has 0 aliphatic carbocycles. The first-order chi connectivity index (χ1) is 12.5. The predicted molar refractivity (Wildman–Crippen MR) is 105 cm³/mol. The fraction of sp³-hybridized carbons (Fsp3) is 0.263. The predicted octanol–water partition coefficient (Wildman–Crippen LogP) is 3.03. The lowest BCUT2D eigenvalue weighted by Gasteiger charge is -2.33. The average Bonchev–Trinajstić information content (AvgIpc) is 2.63. The minimum atomic E-state index is -0.239. The lowest BCUT2D eigenvalue weighted by Crippen LogP contribution is -2.44. The molecule has 7 heteroatoms. The molecule has 0 bridgehead atoms. The Morgan fingerprint density at radius 3 is 2.88 bits per heavy atom. The van der Waals surface area contributed by atoms with Crippen molar-refractivity contribution in [3.8, 4) is 5.75 Å². The molecule has 0 aromatic heterocycles. The van der Waals surface area contributed by atoms with E-state index >= 15 is 0 Å². The number of nitrogens with one attached hydrogen (secondary N) is 2. The molecule has 1 atom stereocenters. The number of halogens is 1. The number of nitrogens with zero attached hydrogens (tertiary/aromatic N) is 1. The van der Waals surface area contributed by atoms with Gasteiger partial charge in [0.05, 0.1) is 17.9 Å². The summed E-state index contributed by atoms with van der Waals surface area (Å²) in [4.78, 5) is 26.2. The van der Waals surface area contributed by atoms with Gasteiger partial charge in [0.1, 0.15) is 18.4 Å². The number of ether oxygens (including phenoxy) is 1. The summed E-state index contributed by atoms with van der Waals surface area (Å²) in [6, 6.07) is 12.6. The third kappa shape index (κ3) is 3.99. The summed E-state index contributed by atoms with van der Waals surface area (Å²) in [5, 5.41) is 5.66. The fourth-order valence-corrected chi connectivity index (χ4v) is 3.08. The number of benzene rings is 2. The van der Waals surface area contributed by atoms with Gasteiger partial charge in [-0.2, -0.15) is 0 Å². The highest BCUT2D eigenvalue weighted by atomic mass is 79.9. The van der Waals surface area contributed by atoms with Gasteiger partial charge < -0.3 is 20.3 Å². The molecule has 0 saturated heterocycles. The van der Waals surface area contributed by atoms with Crippen molar-refractivity contribution in [2.75, 3.05) is 30.4 Å². The fourth-order valence-electron chi connectivity index (χ4n) is 2.70. The number of anilines is 2. The van der Waals surface area contributed by atoms with Crippen molar-refractivity contribution in [2.45, 2.75) is 13.0 Å². The van der Waals surface area contributed by atoms with Gasteiger partial charge in [-0.15, -0.1) is 0 Å². The first kappa shape index (κ1) is 18.3. The van der Waals surface area contributed by atoms with Gasteiger partial charge >= 0.3 is 0 Å². The van der Waals surface area contributed by atoms with Crippen LogP contribution in [0.5, 0.6) is 5.75 Å². The molecule has 2 amide bonds. The molecule has 136 valence electrons. The summed E-state index contributed by atoms with van der Waals surface area (Å²) in [5.74, 6) is 0.448. The molecule has 0 fully saturated rings. The van der Waals surface area contributed by atoms with Gasteiger partial charge in [0.15, 0.2) is 0 Å². The molecule has 6 nitrogen and oxygen atoms in total. The van der Waals surface area contributed by atoms with Crippen molar-refractivity contribution in [1.82, 2.24) is 5.32 Å². The minimum Gasteiger partial charge on any atom is -0.492 e. The standard InChI is InChI=1S/C19H20BrN3O3/c1-12-18(24)22-16-10-13(6-7-17(16)23(12)2)19(25)21-8-9-26-15-5-3-4-14(20)11-15/h3-7,10-12H,8-9H2,1-2H3,(H,21,25)(H,22,24). The SMILES string of the molecule is CC1C(=O)Nc2cc(C(=O)NCCOc3cccc(Br)c3)ccc2N1C. The Labute approximate surface area is 160 Å². The Balaban J connectivity index is 1.57. The molecule has 26 heavy (non-hydrogen) atoms. The molecule has 2 aromatic carbocycles. The smallest absolute Gasteiger partial charge is 0.251 e. The Kier molecular flexibility index (Phi) is 5.46. The van der Waals surface area contributed by atoms with Crippen molar-refractivity contribution in [1.29, 1.82) is 0 Å². The van der Waals surface area contributed by atoms with E-state index in [2.05, 4.69) is 26.6 Å². The maximum absolute atomic E-state index is 12.3. The van der Waals surface area contributed by atoms with Crippen LogP contribution in [-0.4, -0.2) is 38.1 Å². The van der Waals surface area contributed by atoms with Crippen LogP contribution in [-0.2, 0) is 4.79 Å². The van der Waals surface area contributed by atoms with Crippen molar-refractivity contribution in [3.63, 3.8) is 0 Å². The number of likely N-dealkylation sites (N-methyl/N-ethyl adjacent to an activating group) is 1. The number of amides is 2. The van der Waals surface area contributed by atoms with Crippen LogP contribution in [0.4, 0.5) is 11.4 Å². The van der Waals surface area contributed by atoms with Crippen molar-refractivity contribution in [2.24, 2.45) is 0 Å². The van der Waals surface area contributed by atoms with Crippen molar-refractivity contribution >= 4 is 39.1 Å². The number of rotatable bonds is 5. The van der Waals surface area contributed by atoms with E-state index in [9.17, 15) is 9.59 Å². The Morgan fingerprint density at radius 1 is 1.31 bits per heavy atom. The van der Waals surface area contributed by atoms with E-state index < -0.39 is 0 Å². The van der Waals surface area contributed by atoms with Crippen molar-refractivity contribution in [3.05, 3.63) is 52.5 Å². The monoisotopic (exact) mass is 417 g/mol. The molecule has 0 radical (unpaired) electrons. The van der Waals surface area contributed by atoms with Crippen LogP contribution in [0.3, 0.4) is 0 Å². The summed E-state index contributed by atoms with van der Waals surface area (Å²) in [6.07, 6.45) is 0. The van der Waals surface area contributed by atoms with Crippen LogP contribution in [0.2, 0.25) is 0 Å². The molecule has 1 aliphatic heterocycles. The summed E-state index contributed by atoms with van der Waals surface area (Å²) in [7, 11) is 1.86. The minimum absolute atomic E-state index is 0.0834. The van der Waals surface area contributed by atoms with Crippen LogP contribution in [0.15, 0.2) is 46.9 Å². The van der Waals surface area contributed by atoms with Gasteiger partial charge in [-0.05, 0) is 43.3 Å². The van der Waals surface area contributed by atoms with Crippen molar-refractivity contribution < 1.29 is 14.3 Å². The van der Waals surface area contributed by atoms with E-state index in [0.29, 0.717) is 24.4 Å². The highest BCUT2D eigenvalue weighted by molar-refractivity contribution is 9.10. The number of carbonyl (C=O) groups excluding carboxylic acids is 2. The molecule has 2 N–H and O–H groups in total. The third-order valence-electron chi connectivity index (χ3n) is 4.31. The van der Waals surface area contributed by atoms with E-state index in [1.54, 1.807) is 12.1 Å². The first-order valence-corrected chi connectivity index (χ1v) is 9.09.